The highest BCUT2D eigenvalue weighted by Crippen LogP contribution is 2.29. The molecule has 5 rings (SSSR count). The molecule has 1 unspecified atom stereocenters. The first kappa shape index (κ1) is 23.1. The molecule has 2 N–H and O–H groups in total. The first-order valence-electron chi connectivity index (χ1n) is 11.9. The molecule has 1 atom stereocenters. The number of amides is 2. The third kappa shape index (κ3) is 4.64. The van der Waals surface area contributed by atoms with E-state index in [4.69, 9.17) is 0 Å². The molecule has 5 heteroatoms. The lowest BCUT2D eigenvalue weighted by atomic mass is 10.1. The van der Waals surface area contributed by atoms with Crippen molar-refractivity contribution >= 4 is 39.7 Å². The SMILES string of the molecule is CC(NC(=O)/C(=C\c1ccc2c(c1)c1ccccc1n2C)NC(=O)c1ccccc1)c1ccccc1. The van der Waals surface area contributed by atoms with Crippen molar-refractivity contribution in [2.75, 3.05) is 0 Å². The van der Waals surface area contributed by atoms with E-state index in [1.807, 2.05) is 74.6 Å². The van der Waals surface area contributed by atoms with E-state index in [9.17, 15) is 9.59 Å². The molecule has 36 heavy (non-hydrogen) atoms. The van der Waals surface area contributed by atoms with Gasteiger partial charge in [0.15, 0.2) is 0 Å². The number of fused-ring (bicyclic) bond motifs is 3. The van der Waals surface area contributed by atoms with Crippen LogP contribution in [0, 0.1) is 0 Å². The quantitative estimate of drug-likeness (QED) is 0.298. The van der Waals surface area contributed by atoms with Gasteiger partial charge in [0.2, 0.25) is 0 Å². The van der Waals surface area contributed by atoms with Crippen LogP contribution in [-0.2, 0) is 11.8 Å². The number of rotatable bonds is 6. The fourth-order valence-electron chi connectivity index (χ4n) is 4.48. The smallest absolute Gasteiger partial charge is 0.268 e. The minimum absolute atomic E-state index is 0.186. The minimum Gasteiger partial charge on any atom is -0.344 e. The summed E-state index contributed by atoms with van der Waals surface area (Å²) in [6.07, 6.45) is 1.73. The molecule has 0 aliphatic heterocycles. The van der Waals surface area contributed by atoms with Crippen LogP contribution in [0.4, 0.5) is 0 Å². The second kappa shape index (κ2) is 9.92. The van der Waals surface area contributed by atoms with E-state index in [1.165, 1.54) is 0 Å². The van der Waals surface area contributed by atoms with Crippen molar-refractivity contribution in [1.29, 1.82) is 0 Å². The fraction of sp³-hybridized carbons (Fsp3) is 0.0968. The number of aromatic nitrogens is 1. The predicted octanol–water partition coefficient (Wildman–Crippen LogP) is 5.98. The van der Waals surface area contributed by atoms with Gasteiger partial charge in [-0.25, -0.2) is 0 Å². The van der Waals surface area contributed by atoms with Gasteiger partial charge < -0.3 is 15.2 Å². The van der Waals surface area contributed by atoms with Gasteiger partial charge in [-0.15, -0.1) is 0 Å². The summed E-state index contributed by atoms with van der Waals surface area (Å²) >= 11 is 0. The number of nitrogens with one attached hydrogen (secondary N) is 2. The lowest BCUT2D eigenvalue weighted by Gasteiger charge is -2.17. The fourth-order valence-corrected chi connectivity index (χ4v) is 4.48. The van der Waals surface area contributed by atoms with E-state index in [-0.39, 0.29) is 23.6 Å². The van der Waals surface area contributed by atoms with Crippen molar-refractivity contribution in [3.05, 3.63) is 126 Å². The highest BCUT2D eigenvalue weighted by Gasteiger charge is 2.18. The molecule has 4 aromatic carbocycles. The topological polar surface area (TPSA) is 63.1 Å². The Bertz CT molecular complexity index is 1580. The maximum absolute atomic E-state index is 13.4. The Kier molecular flexibility index (Phi) is 6.37. The molecule has 2 amide bonds. The summed E-state index contributed by atoms with van der Waals surface area (Å²) in [4.78, 5) is 26.3. The molecular formula is C31H27N3O2. The second-order valence-electron chi connectivity index (χ2n) is 8.84. The number of nitrogens with zero attached hydrogens (tertiary/aromatic N) is 1. The summed E-state index contributed by atoms with van der Waals surface area (Å²) in [6, 6.07) is 32.7. The van der Waals surface area contributed by atoms with Gasteiger partial charge in [0, 0.05) is 34.4 Å². The molecule has 5 aromatic rings. The number of para-hydroxylation sites is 1. The Morgan fingerprint density at radius 3 is 2.17 bits per heavy atom. The largest absolute Gasteiger partial charge is 0.344 e. The molecule has 0 aliphatic carbocycles. The predicted molar refractivity (Wildman–Crippen MR) is 145 cm³/mol. The summed E-state index contributed by atoms with van der Waals surface area (Å²) < 4.78 is 2.16. The maximum atomic E-state index is 13.4. The average molecular weight is 474 g/mol. The van der Waals surface area contributed by atoms with E-state index >= 15 is 0 Å². The number of hydrogen-bond donors (Lipinski definition) is 2. The molecule has 0 fully saturated rings. The monoisotopic (exact) mass is 473 g/mol. The summed E-state index contributed by atoms with van der Waals surface area (Å²) in [5.74, 6) is -0.691. The number of carbonyl (C=O) groups is 2. The van der Waals surface area contributed by atoms with Crippen molar-refractivity contribution in [2.24, 2.45) is 7.05 Å². The molecule has 5 nitrogen and oxygen atoms in total. The molecule has 0 aliphatic rings. The molecule has 0 saturated carbocycles. The molecule has 1 aromatic heterocycles. The van der Waals surface area contributed by atoms with E-state index in [1.54, 1.807) is 30.3 Å². The molecule has 0 radical (unpaired) electrons. The Hall–Kier alpha value is -4.64. The molecule has 0 saturated heterocycles. The van der Waals surface area contributed by atoms with Crippen LogP contribution >= 0.6 is 0 Å². The van der Waals surface area contributed by atoms with Gasteiger partial charge in [0.1, 0.15) is 5.70 Å². The highest BCUT2D eigenvalue weighted by molar-refractivity contribution is 6.09. The Balaban J connectivity index is 1.52. The molecule has 0 spiro atoms. The number of carbonyl (C=O) groups excluding carboxylic acids is 2. The van der Waals surface area contributed by atoms with Crippen LogP contribution in [0.15, 0.2) is 109 Å². The minimum atomic E-state index is -0.353. The Morgan fingerprint density at radius 2 is 1.42 bits per heavy atom. The lowest BCUT2D eigenvalue weighted by molar-refractivity contribution is -0.118. The van der Waals surface area contributed by atoms with Crippen molar-refractivity contribution in [3.63, 3.8) is 0 Å². The van der Waals surface area contributed by atoms with Crippen LogP contribution in [0.3, 0.4) is 0 Å². The van der Waals surface area contributed by atoms with Crippen LogP contribution in [0.1, 0.15) is 34.5 Å². The molecule has 1 heterocycles. The number of benzene rings is 4. The Labute approximate surface area is 210 Å². The second-order valence-corrected chi connectivity index (χ2v) is 8.84. The van der Waals surface area contributed by atoms with Gasteiger partial charge in [-0.2, -0.15) is 0 Å². The van der Waals surface area contributed by atoms with Gasteiger partial charge in [0.05, 0.1) is 6.04 Å². The maximum Gasteiger partial charge on any atom is 0.268 e. The summed E-state index contributed by atoms with van der Waals surface area (Å²) in [5, 5.41) is 8.08. The van der Waals surface area contributed by atoms with Crippen molar-refractivity contribution < 1.29 is 9.59 Å². The van der Waals surface area contributed by atoms with Crippen LogP contribution < -0.4 is 10.6 Å². The van der Waals surface area contributed by atoms with E-state index in [0.717, 1.165) is 32.9 Å². The number of hydrogen-bond acceptors (Lipinski definition) is 2. The van der Waals surface area contributed by atoms with E-state index in [0.29, 0.717) is 5.56 Å². The zero-order valence-corrected chi connectivity index (χ0v) is 20.2. The lowest BCUT2D eigenvalue weighted by Crippen LogP contribution is -2.36. The van der Waals surface area contributed by atoms with Gasteiger partial charge >= 0.3 is 0 Å². The standard InChI is InChI=1S/C31H27N3O2/c1-21(23-11-5-3-6-12-23)32-31(36)27(33-30(35)24-13-7-4-8-14-24)20-22-17-18-29-26(19-22)25-15-9-10-16-28(25)34(29)2/h3-21H,1-2H3,(H,32,36)(H,33,35)/b27-20+. The van der Waals surface area contributed by atoms with Crippen LogP contribution in [0.5, 0.6) is 0 Å². The van der Waals surface area contributed by atoms with E-state index < -0.39 is 0 Å². The third-order valence-corrected chi connectivity index (χ3v) is 6.42. The van der Waals surface area contributed by atoms with E-state index in [2.05, 4.69) is 33.4 Å². The molecular weight excluding hydrogens is 446 g/mol. The van der Waals surface area contributed by atoms with Crippen LogP contribution in [-0.4, -0.2) is 16.4 Å². The molecule has 178 valence electrons. The number of aryl methyl sites for hydroxylation is 1. The summed E-state index contributed by atoms with van der Waals surface area (Å²) in [6.45, 7) is 1.92. The highest BCUT2D eigenvalue weighted by atomic mass is 16.2. The third-order valence-electron chi connectivity index (χ3n) is 6.42. The van der Waals surface area contributed by atoms with Gasteiger partial charge in [-0.05, 0) is 54.5 Å². The Morgan fingerprint density at radius 1 is 0.778 bits per heavy atom. The summed E-state index contributed by atoms with van der Waals surface area (Å²) in [5.41, 5.74) is 4.72. The van der Waals surface area contributed by atoms with Crippen LogP contribution in [0.2, 0.25) is 0 Å². The van der Waals surface area contributed by atoms with Crippen LogP contribution in [0.25, 0.3) is 27.9 Å². The first-order valence-corrected chi connectivity index (χ1v) is 11.9. The summed E-state index contributed by atoms with van der Waals surface area (Å²) in [7, 11) is 2.05. The van der Waals surface area contributed by atoms with Gasteiger partial charge in [-0.3, -0.25) is 9.59 Å². The van der Waals surface area contributed by atoms with Gasteiger partial charge in [0.25, 0.3) is 11.8 Å². The molecule has 0 bridgehead atoms. The van der Waals surface area contributed by atoms with Crippen molar-refractivity contribution in [2.45, 2.75) is 13.0 Å². The van der Waals surface area contributed by atoms with Crippen molar-refractivity contribution in [1.82, 2.24) is 15.2 Å². The van der Waals surface area contributed by atoms with Gasteiger partial charge in [-0.1, -0.05) is 72.8 Å². The first-order chi connectivity index (χ1) is 17.5. The zero-order valence-electron chi connectivity index (χ0n) is 20.2. The zero-order chi connectivity index (χ0) is 25.1. The van der Waals surface area contributed by atoms with Crippen molar-refractivity contribution in [3.8, 4) is 0 Å². The normalized spacial score (nSPS) is 12.4. The average Bonchev–Trinajstić information content (AvgIpc) is 3.20.